The minimum Gasteiger partial charge on any atom is -0.744 e. The Kier molecular flexibility index (Phi) is 35.2. The van der Waals surface area contributed by atoms with E-state index in [1.165, 1.54) is 224 Å². The lowest BCUT2D eigenvalue weighted by Gasteiger charge is -2.20. The lowest BCUT2D eigenvalue weighted by atomic mass is 10.1. The summed E-state index contributed by atoms with van der Waals surface area (Å²) in [6.45, 7) is 13.1. The Bertz CT molecular complexity index is 813. The summed E-state index contributed by atoms with van der Waals surface area (Å²) in [6, 6.07) is 5.78. The van der Waals surface area contributed by atoms with Gasteiger partial charge in [-0.3, -0.25) is 0 Å². The van der Waals surface area contributed by atoms with E-state index in [1.54, 1.807) is 12.1 Å². The maximum atomic E-state index is 10.4. The van der Waals surface area contributed by atoms with Crippen LogP contribution in [-0.4, -0.2) is 32.6 Å². The normalized spacial score (nSPS) is 11.6. The van der Waals surface area contributed by atoms with Crippen molar-refractivity contribution in [1.82, 2.24) is 0 Å². The van der Waals surface area contributed by atoms with E-state index in [1.807, 2.05) is 11.8 Å². The van der Waals surface area contributed by atoms with E-state index < -0.39 is 10.1 Å². The van der Waals surface area contributed by atoms with Gasteiger partial charge in [-0.1, -0.05) is 193 Å². The predicted octanol–water partition coefficient (Wildman–Crippen LogP) is 12.5. The van der Waals surface area contributed by atoms with Crippen LogP contribution in [0.1, 0.15) is 219 Å². The molecule has 0 aliphatic carbocycles. The van der Waals surface area contributed by atoms with E-state index in [0.29, 0.717) is 0 Å². The Hall–Kier alpha value is -0.910. The molecule has 0 aliphatic heterocycles. The molecule has 0 amide bonds. The average Bonchev–Trinajstić information content (AvgIpc) is 3.07. The second-order valence-electron chi connectivity index (χ2n) is 14.8. The first-order chi connectivity index (χ1) is 23.3. The molecule has 0 atom stereocenters. The van der Waals surface area contributed by atoms with Crippen LogP contribution < -0.4 is 4.90 Å². The Labute approximate surface area is 301 Å². The van der Waals surface area contributed by atoms with Crippen LogP contribution in [0, 0.1) is 6.92 Å². The highest BCUT2D eigenvalue weighted by molar-refractivity contribution is 7.85. The van der Waals surface area contributed by atoms with E-state index in [0.717, 1.165) is 5.56 Å². The van der Waals surface area contributed by atoms with Crippen molar-refractivity contribution in [3.05, 3.63) is 29.8 Å². The fourth-order valence-corrected chi connectivity index (χ4v) is 7.14. The average molecular weight is 694 g/mol. The summed E-state index contributed by atoms with van der Waals surface area (Å²) >= 11 is 0. The maximum absolute atomic E-state index is 10.4. The summed E-state index contributed by atoms with van der Waals surface area (Å²) in [5, 5.41) is 0. The Balaban J connectivity index is 0.00000168. The van der Waals surface area contributed by atoms with Crippen molar-refractivity contribution in [1.29, 1.82) is 0 Å². The van der Waals surface area contributed by atoms with Gasteiger partial charge in [-0.25, -0.2) is 8.42 Å². The first-order valence-electron chi connectivity index (χ1n) is 21.2. The zero-order valence-corrected chi connectivity index (χ0v) is 33.6. The van der Waals surface area contributed by atoms with Crippen molar-refractivity contribution in [2.45, 2.75) is 225 Å². The standard InChI is InChI=1S/C36H75N.C7H8O3S/c1-4-7-10-13-16-19-22-25-28-31-34-37(35-32-29-26-23-20-17-14-11-8-5-2)36-33-30-27-24-21-18-15-12-9-6-3;1-6-2-4-7(5-3-6)11(8,9)10/h4-36H2,1-3H3;2-5H,1H3,(H,8,9,10). The van der Waals surface area contributed by atoms with Crippen LogP contribution in [0.2, 0.25) is 0 Å². The third kappa shape index (κ3) is 33.6. The molecule has 1 rings (SSSR count). The molecule has 0 heterocycles. The molecule has 1 N–H and O–H groups in total. The highest BCUT2D eigenvalue weighted by atomic mass is 32.2. The van der Waals surface area contributed by atoms with Crippen LogP contribution in [0.25, 0.3) is 0 Å². The molecular formula is C43H83NO3S. The molecule has 1 aromatic carbocycles. The van der Waals surface area contributed by atoms with Gasteiger partial charge in [-0.05, 0) is 57.6 Å². The molecule has 0 radical (unpaired) electrons. The van der Waals surface area contributed by atoms with Gasteiger partial charge in [0.25, 0.3) is 0 Å². The molecule has 0 unspecified atom stereocenters. The molecule has 284 valence electrons. The van der Waals surface area contributed by atoms with Crippen LogP contribution >= 0.6 is 0 Å². The number of benzene rings is 1. The number of quaternary nitrogens is 1. The second-order valence-corrected chi connectivity index (χ2v) is 16.2. The lowest BCUT2D eigenvalue weighted by Crippen LogP contribution is -3.12. The number of aryl methyl sites for hydroxylation is 1. The Morgan fingerprint density at radius 3 is 0.875 bits per heavy atom. The molecule has 0 aliphatic rings. The Morgan fingerprint density at radius 2 is 0.646 bits per heavy atom. The molecule has 0 fully saturated rings. The van der Waals surface area contributed by atoms with Gasteiger partial charge < -0.3 is 9.45 Å². The smallest absolute Gasteiger partial charge is 0.124 e. The van der Waals surface area contributed by atoms with E-state index in [2.05, 4.69) is 20.8 Å². The van der Waals surface area contributed by atoms with E-state index in [9.17, 15) is 13.0 Å². The van der Waals surface area contributed by atoms with Gasteiger partial charge in [-0.2, -0.15) is 0 Å². The number of unbranched alkanes of at least 4 members (excludes halogenated alkanes) is 27. The predicted molar refractivity (Wildman–Crippen MR) is 210 cm³/mol. The van der Waals surface area contributed by atoms with Gasteiger partial charge in [0.05, 0.1) is 24.5 Å². The monoisotopic (exact) mass is 694 g/mol. The topological polar surface area (TPSA) is 61.6 Å². The second kappa shape index (κ2) is 35.9. The number of rotatable bonds is 34. The first-order valence-corrected chi connectivity index (χ1v) is 22.6. The molecule has 0 bridgehead atoms. The van der Waals surface area contributed by atoms with Crippen LogP contribution in [0.3, 0.4) is 0 Å². The molecule has 4 nitrogen and oxygen atoms in total. The van der Waals surface area contributed by atoms with Crippen molar-refractivity contribution in [2.75, 3.05) is 19.6 Å². The summed E-state index contributed by atoms with van der Waals surface area (Å²) < 4.78 is 31.2. The summed E-state index contributed by atoms with van der Waals surface area (Å²) in [5.74, 6) is 0. The maximum Gasteiger partial charge on any atom is 0.124 e. The zero-order chi connectivity index (χ0) is 35.4. The summed E-state index contributed by atoms with van der Waals surface area (Å²) in [7, 11) is -4.27. The minimum atomic E-state index is -4.27. The van der Waals surface area contributed by atoms with Crippen molar-refractivity contribution >= 4 is 10.1 Å². The quantitative estimate of drug-likeness (QED) is 0.0577. The van der Waals surface area contributed by atoms with Crippen molar-refractivity contribution in [3.8, 4) is 0 Å². The van der Waals surface area contributed by atoms with Gasteiger partial charge >= 0.3 is 0 Å². The van der Waals surface area contributed by atoms with Crippen molar-refractivity contribution in [3.63, 3.8) is 0 Å². The van der Waals surface area contributed by atoms with Crippen molar-refractivity contribution < 1.29 is 17.9 Å². The third-order valence-electron chi connectivity index (χ3n) is 9.96. The molecule has 0 saturated heterocycles. The lowest BCUT2D eigenvalue weighted by molar-refractivity contribution is -0.900. The highest BCUT2D eigenvalue weighted by Crippen LogP contribution is 2.13. The molecule has 0 saturated carbocycles. The summed E-state index contributed by atoms with van der Waals surface area (Å²) in [4.78, 5) is 1.77. The van der Waals surface area contributed by atoms with E-state index in [4.69, 9.17) is 0 Å². The van der Waals surface area contributed by atoms with Gasteiger partial charge in [0.2, 0.25) is 0 Å². The molecule has 5 heteroatoms. The van der Waals surface area contributed by atoms with Crippen molar-refractivity contribution in [2.24, 2.45) is 0 Å². The van der Waals surface area contributed by atoms with E-state index in [-0.39, 0.29) is 4.90 Å². The Morgan fingerprint density at radius 1 is 0.417 bits per heavy atom. The first kappa shape index (κ1) is 47.1. The number of nitrogens with one attached hydrogen (secondary N) is 1. The van der Waals surface area contributed by atoms with Gasteiger partial charge in [0.1, 0.15) is 10.1 Å². The summed E-state index contributed by atoms with van der Waals surface area (Å²) in [6.07, 6.45) is 43.9. The van der Waals surface area contributed by atoms with Gasteiger partial charge in [0, 0.05) is 0 Å². The molecule has 0 spiro atoms. The largest absolute Gasteiger partial charge is 0.744 e. The molecule has 1 aromatic rings. The van der Waals surface area contributed by atoms with E-state index >= 15 is 0 Å². The molecule has 0 aromatic heterocycles. The minimum absolute atomic E-state index is 0.178. The van der Waals surface area contributed by atoms with Crippen LogP contribution in [0.15, 0.2) is 29.2 Å². The van der Waals surface area contributed by atoms with Crippen LogP contribution in [0.4, 0.5) is 0 Å². The number of hydrogen-bond donors (Lipinski definition) is 1. The third-order valence-corrected chi connectivity index (χ3v) is 10.8. The fraction of sp³-hybridized carbons (Fsp3) is 0.860. The SMILES string of the molecule is CCCCCCCCCCCC[NH+](CCCCCCCCCCCC)CCCCCCCCCCCC.Cc1ccc(S(=O)(=O)[O-])cc1. The summed E-state index contributed by atoms with van der Waals surface area (Å²) in [5.41, 5.74) is 0.928. The van der Waals surface area contributed by atoms with Gasteiger partial charge in [-0.15, -0.1) is 0 Å². The van der Waals surface area contributed by atoms with Crippen LogP contribution in [-0.2, 0) is 10.1 Å². The highest BCUT2D eigenvalue weighted by Gasteiger charge is 2.08. The van der Waals surface area contributed by atoms with Gasteiger partial charge in [0.15, 0.2) is 0 Å². The fourth-order valence-electron chi connectivity index (χ4n) is 6.67. The number of hydrogen-bond acceptors (Lipinski definition) is 3. The molecular weight excluding hydrogens is 611 g/mol. The van der Waals surface area contributed by atoms with Crippen LogP contribution in [0.5, 0.6) is 0 Å². The molecule has 48 heavy (non-hydrogen) atoms. The zero-order valence-electron chi connectivity index (χ0n) is 32.8.